The highest BCUT2D eigenvalue weighted by molar-refractivity contribution is 5.58. The number of aromatic nitrogens is 2. The largest absolute Gasteiger partial charge is 0.357 e. The third-order valence-corrected chi connectivity index (χ3v) is 2.51. The van der Waals surface area contributed by atoms with E-state index in [0.717, 1.165) is 11.4 Å². The first-order chi connectivity index (χ1) is 8.58. The summed E-state index contributed by atoms with van der Waals surface area (Å²) in [4.78, 5) is 8.48. The third kappa shape index (κ3) is 2.74. The van der Waals surface area contributed by atoms with Crippen molar-refractivity contribution in [2.45, 2.75) is 13.8 Å². The number of hydrogen-bond donors (Lipinski definition) is 2. The van der Waals surface area contributed by atoms with Crippen molar-refractivity contribution in [2.75, 3.05) is 17.7 Å². The first kappa shape index (κ1) is 12.3. The van der Waals surface area contributed by atoms with Gasteiger partial charge in [0.25, 0.3) is 0 Å². The van der Waals surface area contributed by atoms with E-state index < -0.39 is 0 Å². The van der Waals surface area contributed by atoms with Gasteiger partial charge in [-0.25, -0.2) is 9.37 Å². The number of nitrogens with zero attached hydrogens (tertiary/aromatic N) is 2. The molecule has 0 spiro atoms. The Morgan fingerprint density at radius 2 is 1.89 bits per heavy atom. The molecule has 2 rings (SSSR count). The van der Waals surface area contributed by atoms with Gasteiger partial charge >= 0.3 is 0 Å². The number of halogens is 1. The van der Waals surface area contributed by atoms with Gasteiger partial charge in [-0.3, -0.25) is 0 Å². The van der Waals surface area contributed by atoms with Gasteiger partial charge in [0.1, 0.15) is 11.6 Å². The van der Waals surface area contributed by atoms with Crippen molar-refractivity contribution in [3.63, 3.8) is 0 Å². The number of benzene rings is 1. The van der Waals surface area contributed by atoms with Crippen LogP contribution in [0.25, 0.3) is 0 Å². The highest BCUT2D eigenvalue weighted by atomic mass is 19.1. The second-order valence-corrected chi connectivity index (χ2v) is 4.06. The summed E-state index contributed by atoms with van der Waals surface area (Å²) in [6, 6.07) is 6.69. The number of anilines is 3. The van der Waals surface area contributed by atoms with Gasteiger partial charge in [0.05, 0.1) is 0 Å². The van der Waals surface area contributed by atoms with Crippen molar-refractivity contribution in [1.29, 1.82) is 0 Å². The summed E-state index contributed by atoms with van der Waals surface area (Å²) in [5, 5.41) is 6.02. The summed E-state index contributed by atoms with van der Waals surface area (Å²) in [5.74, 6) is 1.02. The zero-order valence-corrected chi connectivity index (χ0v) is 10.6. The monoisotopic (exact) mass is 246 g/mol. The molecule has 2 N–H and O–H groups in total. The smallest absolute Gasteiger partial charge is 0.224 e. The van der Waals surface area contributed by atoms with Crippen LogP contribution >= 0.6 is 0 Å². The number of hydrogen-bond acceptors (Lipinski definition) is 4. The highest BCUT2D eigenvalue weighted by Crippen LogP contribution is 2.19. The first-order valence-corrected chi connectivity index (χ1v) is 5.65. The number of nitrogens with one attached hydrogen (secondary N) is 2. The molecular formula is C13H15FN4. The fourth-order valence-electron chi connectivity index (χ4n) is 1.61. The minimum Gasteiger partial charge on any atom is -0.357 e. The molecule has 0 bridgehead atoms. The zero-order valence-electron chi connectivity index (χ0n) is 10.6. The maximum Gasteiger partial charge on any atom is 0.224 e. The second-order valence-electron chi connectivity index (χ2n) is 4.06. The van der Waals surface area contributed by atoms with Crippen LogP contribution in [0.15, 0.2) is 24.3 Å². The van der Waals surface area contributed by atoms with E-state index in [1.807, 2.05) is 13.0 Å². The Labute approximate surface area is 105 Å². The van der Waals surface area contributed by atoms with Crippen molar-refractivity contribution in [2.24, 2.45) is 0 Å². The molecule has 1 heterocycles. The van der Waals surface area contributed by atoms with Crippen molar-refractivity contribution in [3.05, 3.63) is 41.3 Å². The normalized spacial score (nSPS) is 10.2. The minimum absolute atomic E-state index is 0.213. The Balaban J connectivity index is 2.27. The summed E-state index contributed by atoms with van der Waals surface area (Å²) < 4.78 is 13.2. The van der Waals surface area contributed by atoms with Crippen LogP contribution in [0.5, 0.6) is 0 Å². The van der Waals surface area contributed by atoms with E-state index in [1.165, 1.54) is 6.07 Å². The number of rotatable bonds is 3. The summed E-state index contributed by atoms with van der Waals surface area (Å²) in [5.41, 5.74) is 2.25. The maximum absolute atomic E-state index is 13.2. The topological polar surface area (TPSA) is 49.8 Å². The summed E-state index contributed by atoms with van der Waals surface area (Å²) in [7, 11) is 1.76. The van der Waals surface area contributed by atoms with E-state index in [2.05, 4.69) is 20.6 Å². The lowest BCUT2D eigenvalue weighted by atomic mass is 10.2. The molecule has 0 aliphatic carbocycles. The Hall–Kier alpha value is -2.17. The molecule has 94 valence electrons. The molecule has 0 fully saturated rings. The van der Waals surface area contributed by atoms with Crippen LogP contribution in [0, 0.1) is 19.7 Å². The van der Waals surface area contributed by atoms with Gasteiger partial charge in [0, 0.05) is 24.5 Å². The van der Waals surface area contributed by atoms with Crippen LogP contribution in [0.1, 0.15) is 11.3 Å². The van der Waals surface area contributed by atoms with Gasteiger partial charge < -0.3 is 10.6 Å². The van der Waals surface area contributed by atoms with E-state index >= 15 is 0 Å². The molecule has 0 saturated carbocycles. The predicted molar refractivity (Wildman–Crippen MR) is 70.7 cm³/mol. The van der Waals surface area contributed by atoms with E-state index in [0.29, 0.717) is 17.3 Å². The zero-order chi connectivity index (χ0) is 13.1. The molecule has 1 aromatic carbocycles. The van der Waals surface area contributed by atoms with Crippen molar-refractivity contribution in [1.82, 2.24) is 9.97 Å². The van der Waals surface area contributed by atoms with Gasteiger partial charge in [-0.2, -0.15) is 4.98 Å². The lowest BCUT2D eigenvalue weighted by Gasteiger charge is -2.09. The van der Waals surface area contributed by atoms with E-state index in [9.17, 15) is 4.39 Å². The molecule has 5 heteroatoms. The average molecular weight is 246 g/mol. The Bertz CT molecular complexity index is 569. The predicted octanol–water partition coefficient (Wildman–Crippen LogP) is 3.02. The van der Waals surface area contributed by atoms with Gasteiger partial charge in [-0.15, -0.1) is 0 Å². The maximum atomic E-state index is 13.2. The molecule has 1 aromatic heterocycles. The molecule has 0 saturated heterocycles. The summed E-state index contributed by atoms with van der Waals surface area (Å²) >= 11 is 0. The molecule has 18 heavy (non-hydrogen) atoms. The molecule has 0 aliphatic rings. The van der Waals surface area contributed by atoms with Crippen LogP contribution in [-0.2, 0) is 0 Å². The fraction of sp³-hybridized carbons (Fsp3) is 0.231. The molecule has 0 aliphatic heterocycles. The van der Waals surface area contributed by atoms with Gasteiger partial charge in [0.2, 0.25) is 5.95 Å². The van der Waals surface area contributed by atoms with Gasteiger partial charge in [-0.05, 0) is 37.6 Å². The standard InChI is InChI=1S/C13H15FN4/c1-8-6-10(4-5-11(8)14)17-12-7-9(2)16-13(15-3)18-12/h4-7H,1-3H3,(H2,15,16,17,18). The molecule has 0 atom stereocenters. The van der Waals surface area contributed by atoms with Crippen LogP contribution in [-0.4, -0.2) is 17.0 Å². The fourth-order valence-corrected chi connectivity index (χ4v) is 1.61. The lowest BCUT2D eigenvalue weighted by Crippen LogP contribution is -2.02. The Morgan fingerprint density at radius 1 is 1.11 bits per heavy atom. The third-order valence-electron chi connectivity index (χ3n) is 2.51. The second kappa shape index (κ2) is 5.00. The summed E-state index contributed by atoms with van der Waals surface area (Å²) in [6.07, 6.45) is 0. The lowest BCUT2D eigenvalue weighted by molar-refractivity contribution is 0.619. The van der Waals surface area contributed by atoms with E-state index in [4.69, 9.17) is 0 Å². The van der Waals surface area contributed by atoms with Crippen LogP contribution in [0.2, 0.25) is 0 Å². The summed E-state index contributed by atoms with van der Waals surface area (Å²) in [6.45, 7) is 3.62. The van der Waals surface area contributed by atoms with E-state index in [1.54, 1.807) is 26.1 Å². The van der Waals surface area contributed by atoms with Gasteiger partial charge in [0.15, 0.2) is 0 Å². The first-order valence-electron chi connectivity index (χ1n) is 5.65. The van der Waals surface area contributed by atoms with Crippen molar-refractivity contribution < 1.29 is 4.39 Å². The SMILES string of the molecule is CNc1nc(C)cc(Nc2ccc(F)c(C)c2)n1. The Morgan fingerprint density at radius 3 is 2.56 bits per heavy atom. The van der Waals surface area contributed by atoms with Crippen molar-refractivity contribution >= 4 is 17.5 Å². The molecule has 0 unspecified atom stereocenters. The average Bonchev–Trinajstić information content (AvgIpc) is 2.33. The van der Waals surface area contributed by atoms with Crippen molar-refractivity contribution in [3.8, 4) is 0 Å². The molecule has 0 amide bonds. The molecule has 0 radical (unpaired) electrons. The Kier molecular flexibility index (Phi) is 3.41. The van der Waals surface area contributed by atoms with Crippen LogP contribution in [0.4, 0.5) is 21.8 Å². The number of aryl methyl sites for hydroxylation is 2. The van der Waals surface area contributed by atoms with E-state index in [-0.39, 0.29) is 5.82 Å². The highest BCUT2D eigenvalue weighted by Gasteiger charge is 2.03. The van der Waals surface area contributed by atoms with Gasteiger partial charge in [-0.1, -0.05) is 0 Å². The van der Waals surface area contributed by atoms with Crippen LogP contribution in [0.3, 0.4) is 0 Å². The minimum atomic E-state index is -0.213. The molecular weight excluding hydrogens is 231 g/mol. The van der Waals surface area contributed by atoms with Crippen LogP contribution < -0.4 is 10.6 Å². The quantitative estimate of drug-likeness (QED) is 0.874. The molecule has 2 aromatic rings. The molecule has 4 nitrogen and oxygen atoms in total.